The molecule has 1 fully saturated rings. The second kappa shape index (κ2) is 4.22. The summed E-state index contributed by atoms with van der Waals surface area (Å²) in [5, 5.41) is 0. The molecule has 1 aromatic rings. The molecule has 0 aromatic carbocycles. The molecule has 0 N–H and O–H groups in total. The van der Waals surface area contributed by atoms with Crippen LogP contribution in [0.4, 0.5) is 5.69 Å². The molecule has 2 rings (SSSR count). The van der Waals surface area contributed by atoms with E-state index in [-0.39, 0.29) is 11.8 Å². The number of carbonyl (C=O) groups is 1. The van der Waals surface area contributed by atoms with Crippen LogP contribution < -0.4 is 4.90 Å². The number of nitrogens with zero attached hydrogens (tertiary/aromatic N) is 2. The van der Waals surface area contributed by atoms with Gasteiger partial charge in [-0.05, 0) is 19.1 Å². The third kappa shape index (κ3) is 1.78. The lowest BCUT2D eigenvalue weighted by Gasteiger charge is -2.18. The van der Waals surface area contributed by atoms with Gasteiger partial charge in [-0.2, -0.15) is 0 Å². The SMILES string of the molecule is CC1(Cl)C(=O)N(c2ccncc2)CC1CCl. The molecule has 0 saturated carbocycles. The van der Waals surface area contributed by atoms with E-state index in [0.717, 1.165) is 5.69 Å². The standard InChI is InChI=1S/C11H12Cl2N2O/c1-11(13)8(6-12)7-15(10(11)16)9-2-4-14-5-3-9/h2-5,8H,6-7H2,1H3. The number of amides is 1. The summed E-state index contributed by atoms with van der Waals surface area (Å²) in [6, 6.07) is 3.59. The predicted molar refractivity (Wildman–Crippen MR) is 65.1 cm³/mol. The highest BCUT2D eigenvalue weighted by Gasteiger charge is 2.49. The van der Waals surface area contributed by atoms with Crippen molar-refractivity contribution in [3.05, 3.63) is 24.5 Å². The molecular weight excluding hydrogens is 247 g/mol. The Morgan fingerprint density at radius 2 is 2.19 bits per heavy atom. The first-order valence-corrected chi connectivity index (χ1v) is 5.95. The Labute approximate surface area is 104 Å². The Bertz CT molecular complexity index is 394. The van der Waals surface area contributed by atoms with Crippen molar-refractivity contribution >= 4 is 34.8 Å². The Balaban J connectivity index is 2.30. The minimum Gasteiger partial charge on any atom is -0.310 e. The van der Waals surface area contributed by atoms with Gasteiger partial charge >= 0.3 is 0 Å². The zero-order valence-electron chi connectivity index (χ0n) is 8.86. The van der Waals surface area contributed by atoms with Crippen molar-refractivity contribution in [1.82, 2.24) is 4.98 Å². The average molecular weight is 259 g/mol. The zero-order valence-corrected chi connectivity index (χ0v) is 10.4. The van der Waals surface area contributed by atoms with E-state index >= 15 is 0 Å². The fourth-order valence-electron chi connectivity index (χ4n) is 1.85. The first-order chi connectivity index (χ1) is 7.57. The molecule has 0 bridgehead atoms. The van der Waals surface area contributed by atoms with Crippen LogP contribution in [0.3, 0.4) is 0 Å². The van der Waals surface area contributed by atoms with Gasteiger partial charge in [-0.15, -0.1) is 23.2 Å². The molecule has 2 heterocycles. The quantitative estimate of drug-likeness (QED) is 0.763. The summed E-state index contributed by atoms with van der Waals surface area (Å²) in [6.07, 6.45) is 3.31. The summed E-state index contributed by atoms with van der Waals surface area (Å²) in [4.78, 5) is 16.8. The summed E-state index contributed by atoms with van der Waals surface area (Å²) in [5.74, 6) is 0.260. The molecule has 2 unspecified atom stereocenters. The number of alkyl halides is 2. The lowest BCUT2D eigenvalue weighted by atomic mass is 9.99. The molecular formula is C11H12Cl2N2O. The highest BCUT2D eigenvalue weighted by atomic mass is 35.5. The highest BCUT2D eigenvalue weighted by Crippen LogP contribution is 2.37. The summed E-state index contributed by atoms with van der Waals surface area (Å²) in [6.45, 7) is 2.29. The van der Waals surface area contributed by atoms with Crippen LogP contribution in [-0.2, 0) is 4.79 Å². The number of carbonyl (C=O) groups excluding carboxylic acids is 1. The maximum atomic E-state index is 12.1. The molecule has 0 spiro atoms. The van der Waals surface area contributed by atoms with Crippen molar-refractivity contribution in [3.8, 4) is 0 Å². The second-order valence-electron chi connectivity index (χ2n) is 4.05. The molecule has 3 nitrogen and oxygen atoms in total. The molecule has 0 aliphatic carbocycles. The molecule has 1 amide bonds. The van der Waals surface area contributed by atoms with Gasteiger partial charge in [0.1, 0.15) is 4.87 Å². The Morgan fingerprint density at radius 3 is 2.69 bits per heavy atom. The number of halogens is 2. The summed E-state index contributed by atoms with van der Waals surface area (Å²) >= 11 is 12.1. The molecule has 5 heteroatoms. The third-order valence-corrected chi connectivity index (χ3v) is 3.84. The first-order valence-electron chi connectivity index (χ1n) is 5.04. The highest BCUT2D eigenvalue weighted by molar-refractivity contribution is 6.38. The van der Waals surface area contributed by atoms with E-state index in [0.29, 0.717) is 12.4 Å². The second-order valence-corrected chi connectivity index (χ2v) is 5.14. The van der Waals surface area contributed by atoms with Gasteiger partial charge in [-0.3, -0.25) is 9.78 Å². The number of anilines is 1. The van der Waals surface area contributed by atoms with Crippen LogP contribution in [0.5, 0.6) is 0 Å². The number of rotatable bonds is 2. The molecule has 2 atom stereocenters. The predicted octanol–water partition coefficient (Wildman–Crippen LogP) is 2.28. The largest absolute Gasteiger partial charge is 0.310 e. The normalized spacial score (nSPS) is 29.8. The number of hydrogen-bond acceptors (Lipinski definition) is 2. The van der Waals surface area contributed by atoms with Crippen LogP contribution in [0.2, 0.25) is 0 Å². The van der Waals surface area contributed by atoms with Crippen LogP contribution in [0, 0.1) is 5.92 Å². The van der Waals surface area contributed by atoms with Gasteiger partial charge in [-0.1, -0.05) is 0 Å². The fraction of sp³-hybridized carbons (Fsp3) is 0.455. The summed E-state index contributed by atoms with van der Waals surface area (Å²) in [5.41, 5.74) is 0.819. The van der Waals surface area contributed by atoms with Gasteiger partial charge in [0.25, 0.3) is 0 Å². The number of hydrogen-bond donors (Lipinski definition) is 0. The van der Waals surface area contributed by atoms with E-state index in [1.54, 1.807) is 36.4 Å². The minimum absolute atomic E-state index is 0.0310. The van der Waals surface area contributed by atoms with Gasteiger partial charge in [-0.25, -0.2) is 0 Å². The Morgan fingerprint density at radius 1 is 1.56 bits per heavy atom. The van der Waals surface area contributed by atoms with E-state index in [9.17, 15) is 4.79 Å². The van der Waals surface area contributed by atoms with Gasteiger partial charge in [0, 0.05) is 36.4 Å². The van der Waals surface area contributed by atoms with Crippen molar-refractivity contribution in [1.29, 1.82) is 0 Å². The topological polar surface area (TPSA) is 33.2 Å². The van der Waals surface area contributed by atoms with E-state index in [2.05, 4.69) is 4.98 Å². The van der Waals surface area contributed by atoms with E-state index in [1.165, 1.54) is 0 Å². The number of aromatic nitrogens is 1. The van der Waals surface area contributed by atoms with Crippen LogP contribution >= 0.6 is 23.2 Å². The zero-order chi connectivity index (χ0) is 11.8. The maximum Gasteiger partial charge on any atom is 0.248 e. The van der Waals surface area contributed by atoms with Crippen molar-refractivity contribution in [2.24, 2.45) is 5.92 Å². The molecule has 86 valence electrons. The molecule has 16 heavy (non-hydrogen) atoms. The lowest BCUT2D eigenvalue weighted by molar-refractivity contribution is -0.119. The maximum absolute atomic E-state index is 12.1. The summed E-state index contributed by atoms with van der Waals surface area (Å²) in [7, 11) is 0. The van der Waals surface area contributed by atoms with Crippen molar-refractivity contribution < 1.29 is 4.79 Å². The monoisotopic (exact) mass is 258 g/mol. The van der Waals surface area contributed by atoms with E-state index in [1.807, 2.05) is 0 Å². The Hall–Kier alpha value is -0.800. The summed E-state index contributed by atoms with van der Waals surface area (Å²) < 4.78 is 0. The molecule has 1 aliphatic rings. The Kier molecular flexibility index (Phi) is 3.08. The van der Waals surface area contributed by atoms with Crippen molar-refractivity contribution in [2.75, 3.05) is 17.3 Å². The van der Waals surface area contributed by atoms with Crippen molar-refractivity contribution in [3.63, 3.8) is 0 Å². The molecule has 0 radical (unpaired) electrons. The lowest BCUT2D eigenvalue weighted by Crippen LogP contribution is -2.35. The smallest absolute Gasteiger partial charge is 0.248 e. The number of pyridine rings is 1. The van der Waals surface area contributed by atoms with Gasteiger partial charge in [0.15, 0.2) is 0 Å². The first kappa shape index (κ1) is 11.7. The van der Waals surface area contributed by atoms with E-state index < -0.39 is 4.87 Å². The third-order valence-electron chi connectivity index (χ3n) is 2.99. The van der Waals surface area contributed by atoms with Crippen LogP contribution in [0.15, 0.2) is 24.5 Å². The van der Waals surface area contributed by atoms with Crippen LogP contribution in [0.25, 0.3) is 0 Å². The van der Waals surface area contributed by atoms with E-state index in [4.69, 9.17) is 23.2 Å². The van der Waals surface area contributed by atoms with Gasteiger partial charge in [0.2, 0.25) is 5.91 Å². The fourth-order valence-corrected chi connectivity index (χ4v) is 2.59. The van der Waals surface area contributed by atoms with Crippen LogP contribution in [0.1, 0.15) is 6.92 Å². The van der Waals surface area contributed by atoms with Gasteiger partial charge < -0.3 is 4.90 Å². The van der Waals surface area contributed by atoms with Gasteiger partial charge in [0.05, 0.1) is 0 Å². The molecule has 1 saturated heterocycles. The average Bonchev–Trinajstić information content (AvgIpc) is 2.52. The van der Waals surface area contributed by atoms with Crippen LogP contribution in [-0.4, -0.2) is 28.2 Å². The minimum atomic E-state index is -0.898. The molecule has 1 aromatic heterocycles. The molecule has 1 aliphatic heterocycles. The van der Waals surface area contributed by atoms with Crippen molar-refractivity contribution in [2.45, 2.75) is 11.8 Å².